The first-order valence-corrected chi connectivity index (χ1v) is 26.5. The first-order valence-electron chi connectivity index (χ1n) is 22.8. The first-order chi connectivity index (χ1) is 33.7. The maximum absolute atomic E-state index is 14.3. The Morgan fingerprint density at radius 1 is 0.548 bits per heavy atom. The van der Waals surface area contributed by atoms with Crippen LogP contribution in [0.25, 0.3) is 0 Å². The molecule has 0 radical (unpaired) electrons. The van der Waals surface area contributed by atoms with E-state index in [-0.39, 0.29) is 6.61 Å². The highest BCUT2D eigenvalue weighted by Crippen LogP contribution is 2.42. The normalized spacial score (nSPS) is 25.4. The van der Waals surface area contributed by atoms with E-state index in [4.69, 9.17) is 56.8 Å². The number of nitrogens with zero attached hydrogens (tertiary/aromatic N) is 2. The summed E-state index contributed by atoms with van der Waals surface area (Å²) < 4.78 is 68.0. The number of carbonyl (C=O) groups excluding carboxylic acids is 12. The fourth-order valence-electron chi connectivity index (χ4n) is 8.38. The van der Waals surface area contributed by atoms with Gasteiger partial charge >= 0.3 is 47.8 Å². The van der Waals surface area contributed by atoms with Crippen LogP contribution >= 0.6 is 0 Å². The summed E-state index contributed by atoms with van der Waals surface area (Å²) in [6, 6.07) is -3.35. The van der Waals surface area contributed by atoms with Gasteiger partial charge in [-0.1, -0.05) is 19.6 Å². The van der Waals surface area contributed by atoms with Crippen molar-refractivity contribution in [2.24, 2.45) is 0 Å². The molecule has 2 aliphatic heterocycles. The van der Waals surface area contributed by atoms with E-state index < -0.39 is 178 Å². The van der Waals surface area contributed by atoms with Crippen molar-refractivity contribution in [1.29, 1.82) is 0 Å². The van der Waals surface area contributed by atoms with Gasteiger partial charge in [0, 0.05) is 83.9 Å². The molecule has 2 saturated heterocycles. The molecular weight excluding hydrogens is 997 g/mol. The van der Waals surface area contributed by atoms with Gasteiger partial charge in [0.2, 0.25) is 23.6 Å². The van der Waals surface area contributed by atoms with Crippen molar-refractivity contribution in [2.75, 3.05) is 34.0 Å². The Morgan fingerprint density at radius 3 is 1.27 bits per heavy atom. The minimum absolute atomic E-state index is 0.176. The molecule has 2 heterocycles. The largest absolute Gasteiger partial charge is 0.465 e. The molecule has 0 aromatic carbocycles. The van der Waals surface area contributed by atoms with Crippen LogP contribution in [0.4, 0.5) is 0 Å². The molecule has 0 aromatic rings. The van der Waals surface area contributed by atoms with Crippen LogP contribution in [0, 0.1) is 0 Å². The lowest BCUT2D eigenvalue weighted by atomic mass is 9.86. The predicted molar refractivity (Wildman–Crippen MR) is 243 cm³/mol. The van der Waals surface area contributed by atoms with E-state index in [0.29, 0.717) is 15.8 Å². The Kier molecular flexibility index (Phi) is 23.2. The highest BCUT2D eigenvalue weighted by molar-refractivity contribution is 6.76. The van der Waals surface area contributed by atoms with Crippen molar-refractivity contribution >= 4 is 79.5 Å². The van der Waals surface area contributed by atoms with Gasteiger partial charge < -0.3 is 61.9 Å². The smallest absolute Gasteiger partial charge is 0.366 e. The number of aliphatic hydroxyl groups is 1. The number of imide groups is 2. The van der Waals surface area contributed by atoms with Gasteiger partial charge in [-0.2, -0.15) is 0 Å². The minimum atomic E-state index is -3.04. The monoisotopic (exact) mass is 1060 g/mol. The number of amides is 4. The van der Waals surface area contributed by atoms with Crippen molar-refractivity contribution in [3.05, 3.63) is 0 Å². The summed E-state index contributed by atoms with van der Waals surface area (Å²) in [7, 11) is -0.141. The second-order valence-electron chi connectivity index (χ2n) is 18.3. The fourth-order valence-corrected chi connectivity index (χ4v) is 9.09. The zero-order valence-corrected chi connectivity index (χ0v) is 44.7. The third-order valence-electron chi connectivity index (χ3n) is 11.0. The Balaban J connectivity index is 3.12. The summed E-state index contributed by atoms with van der Waals surface area (Å²) in [6.45, 7) is 12.9. The zero-order valence-electron chi connectivity index (χ0n) is 43.7. The number of aliphatic hydroxyl groups excluding tert-OH is 1. The highest BCUT2D eigenvalue weighted by Gasteiger charge is 2.64. The van der Waals surface area contributed by atoms with Gasteiger partial charge in [0.05, 0.1) is 33.7 Å². The van der Waals surface area contributed by atoms with E-state index >= 15 is 0 Å². The molecule has 0 unspecified atom stereocenters. The van der Waals surface area contributed by atoms with Gasteiger partial charge in [0.25, 0.3) is 11.6 Å². The van der Waals surface area contributed by atoms with Gasteiger partial charge in [-0.3, -0.25) is 57.7 Å². The lowest BCUT2D eigenvalue weighted by Crippen LogP contribution is -2.71. The Hall–Kier alpha value is -5.94. The van der Waals surface area contributed by atoms with Gasteiger partial charge in [-0.25, -0.2) is 9.59 Å². The molecule has 0 bridgehead atoms. The van der Waals surface area contributed by atoms with E-state index in [9.17, 15) is 62.6 Å². The summed E-state index contributed by atoms with van der Waals surface area (Å²) in [5.74, 6) is -18.7. The van der Waals surface area contributed by atoms with Crippen LogP contribution in [0.2, 0.25) is 25.7 Å². The number of methoxy groups -OCH3 is 2. The molecule has 412 valence electrons. The van der Waals surface area contributed by atoms with E-state index in [0.717, 1.165) is 83.5 Å². The highest BCUT2D eigenvalue weighted by atomic mass is 28.3. The van der Waals surface area contributed by atoms with Crippen molar-refractivity contribution < 1.29 is 119 Å². The first kappa shape index (κ1) is 63.2. The standard InChI is InChI=1S/C45H68N2O25Si/c1-22(48)46(23(2)49)36-33(66-27(6)53)18-44(42(59)61-11,64-16-17-73(13,14)15)71-40(36)38(69-30(9)56)32(58)20-65-45(43(60)62-12)19-34(67-28(7)54)37(47(24(3)50)25(4)51)41(72-45)39(70-31(10)57)35(68-29(8)55)21-63-26(5)52/h32-41,58H,16-21H2,1-15H3/t32-,33+,34+,35-,36-,37-,38-,39-,40-,41-,44-,45-/m1/s1. The minimum Gasteiger partial charge on any atom is -0.465 e. The van der Waals surface area contributed by atoms with Gasteiger partial charge in [-0.05, 0) is 6.04 Å². The Morgan fingerprint density at radius 2 is 0.932 bits per heavy atom. The lowest BCUT2D eigenvalue weighted by molar-refractivity contribution is -0.333. The topological polar surface area (TPSA) is 342 Å². The molecule has 2 aliphatic rings. The second-order valence-corrected chi connectivity index (χ2v) is 23.9. The van der Waals surface area contributed by atoms with E-state index in [1.165, 1.54) is 0 Å². The number of hydrogen-bond donors (Lipinski definition) is 1. The quantitative estimate of drug-likeness (QED) is 0.0832. The SMILES string of the molecule is COC(=O)[C@@]1(OCC[Si](C)(C)C)C[C@H](OC(C)=O)[C@@H](N(C(C)=O)C(C)=O)[C@H]([C@H](OC(C)=O)[C@H](O)CO[C@]2(C(=O)OC)C[C@H](OC(C)=O)[C@@H](N(C(C)=O)C(C)=O)[C@H]([C@H](OC(C)=O)[C@@H](COC(C)=O)OC(C)=O)O2)O1. The molecule has 4 amide bonds. The molecule has 27 nitrogen and oxygen atoms in total. The van der Waals surface area contributed by atoms with Crippen LogP contribution in [0.1, 0.15) is 82.1 Å². The number of ether oxygens (including phenoxy) is 12. The third kappa shape index (κ3) is 17.3. The molecule has 2 rings (SSSR count). The van der Waals surface area contributed by atoms with Crippen molar-refractivity contribution in [1.82, 2.24) is 9.80 Å². The van der Waals surface area contributed by atoms with Gasteiger partial charge in [0.1, 0.15) is 49.2 Å². The van der Waals surface area contributed by atoms with Crippen LogP contribution in [0.5, 0.6) is 0 Å². The second kappa shape index (κ2) is 26.8. The number of carbonyl (C=O) groups is 12. The number of rotatable bonds is 22. The lowest BCUT2D eigenvalue weighted by Gasteiger charge is -2.51. The van der Waals surface area contributed by atoms with E-state index in [1.807, 2.05) is 19.6 Å². The molecule has 0 saturated carbocycles. The van der Waals surface area contributed by atoms with Gasteiger partial charge in [0.15, 0.2) is 18.3 Å². The molecule has 1 N–H and O–H groups in total. The molecule has 73 heavy (non-hydrogen) atoms. The average molecular weight is 1070 g/mol. The zero-order chi connectivity index (χ0) is 56.1. The van der Waals surface area contributed by atoms with E-state index in [2.05, 4.69) is 0 Å². The Bertz CT molecular complexity index is 2070. The van der Waals surface area contributed by atoms with Crippen molar-refractivity contribution in [3.8, 4) is 0 Å². The Labute approximate surface area is 422 Å². The molecule has 28 heteroatoms. The average Bonchev–Trinajstić information content (AvgIpc) is 3.24. The van der Waals surface area contributed by atoms with Gasteiger partial charge in [-0.15, -0.1) is 0 Å². The van der Waals surface area contributed by atoms with Crippen molar-refractivity contribution in [2.45, 2.75) is 180 Å². The summed E-state index contributed by atoms with van der Waals surface area (Å²) in [4.78, 5) is 159. The molecule has 0 aromatic heterocycles. The van der Waals surface area contributed by atoms with Crippen LogP contribution < -0.4 is 0 Å². The summed E-state index contributed by atoms with van der Waals surface area (Å²) in [5.41, 5.74) is 0. The van der Waals surface area contributed by atoms with Crippen LogP contribution in [-0.4, -0.2) is 201 Å². The summed E-state index contributed by atoms with van der Waals surface area (Å²) in [6.07, 6.45) is -18.3. The predicted octanol–water partition coefficient (Wildman–Crippen LogP) is -0.216. The molecule has 0 spiro atoms. The molecule has 2 fully saturated rings. The fraction of sp³-hybridized carbons (Fsp3) is 0.733. The maximum Gasteiger partial charge on any atom is 0.366 e. The molecular formula is C45H68N2O25Si. The summed E-state index contributed by atoms with van der Waals surface area (Å²) >= 11 is 0. The van der Waals surface area contributed by atoms with Crippen LogP contribution in [0.15, 0.2) is 0 Å². The number of esters is 8. The summed E-state index contributed by atoms with van der Waals surface area (Å²) in [5, 5.41) is 12.3. The third-order valence-corrected chi connectivity index (χ3v) is 12.8. The van der Waals surface area contributed by atoms with Crippen LogP contribution in [-0.2, 0) is 114 Å². The molecule has 12 atom stereocenters. The molecule has 0 aliphatic carbocycles. The van der Waals surface area contributed by atoms with Crippen LogP contribution in [0.3, 0.4) is 0 Å². The number of hydrogen-bond acceptors (Lipinski definition) is 25. The van der Waals surface area contributed by atoms with Crippen molar-refractivity contribution in [3.63, 3.8) is 0 Å². The van der Waals surface area contributed by atoms with E-state index in [1.54, 1.807) is 0 Å². The maximum atomic E-state index is 14.3.